The van der Waals surface area contributed by atoms with Crippen LogP contribution in [0.2, 0.25) is 0 Å². The highest BCUT2D eigenvalue weighted by atomic mass is 16.4. The molecule has 1 saturated heterocycles. The third kappa shape index (κ3) is 2.66. The average Bonchev–Trinajstić information content (AvgIpc) is 2.64. The Morgan fingerprint density at radius 2 is 1.75 bits per heavy atom. The molecule has 3 atom stereocenters. The number of imide groups is 1. The lowest BCUT2D eigenvalue weighted by molar-refractivity contribution is -0.144. The van der Waals surface area contributed by atoms with Gasteiger partial charge < -0.3 is 10.4 Å². The molecule has 1 heterocycles. The van der Waals surface area contributed by atoms with Gasteiger partial charge in [-0.3, -0.25) is 24.1 Å². The Bertz CT molecular complexity index is 438. The quantitative estimate of drug-likeness (QED) is 0.692. The summed E-state index contributed by atoms with van der Waals surface area (Å²) in [6, 6.07) is -1.04. The number of carbonyl (C=O) groups excluding carboxylic acids is 3. The predicted octanol–water partition coefficient (Wildman–Crippen LogP) is -0.249. The van der Waals surface area contributed by atoms with Crippen molar-refractivity contribution in [3.8, 4) is 0 Å². The van der Waals surface area contributed by atoms with E-state index in [4.69, 9.17) is 5.11 Å². The second-order valence-corrected chi connectivity index (χ2v) is 5.39. The van der Waals surface area contributed by atoms with Crippen LogP contribution >= 0.6 is 0 Å². The molecule has 2 unspecified atom stereocenters. The Morgan fingerprint density at radius 3 is 2.20 bits per heavy atom. The first kappa shape index (κ1) is 14.5. The number of carbonyl (C=O) groups is 4. The van der Waals surface area contributed by atoms with Crippen LogP contribution in [0.15, 0.2) is 0 Å². The summed E-state index contributed by atoms with van der Waals surface area (Å²) in [7, 11) is 0. The van der Waals surface area contributed by atoms with Crippen molar-refractivity contribution in [2.24, 2.45) is 11.8 Å². The molecule has 2 fully saturated rings. The second kappa shape index (κ2) is 5.60. The molecule has 2 rings (SSSR count). The average molecular weight is 282 g/mol. The van der Waals surface area contributed by atoms with Crippen LogP contribution in [0.5, 0.6) is 0 Å². The number of carboxylic acids is 1. The molecule has 7 nitrogen and oxygen atoms in total. The number of aliphatic carboxylic acids is 1. The van der Waals surface area contributed by atoms with Crippen molar-refractivity contribution in [3.05, 3.63) is 0 Å². The van der Waals surface area contributed by atoms with Gasteiger partial charge in [0.05, 0.1) is 11.8 Å². The number of nitrogens with one attached hydrogen (secondary N) is 1. The van der Waals surface area contributed by atoms with Crippen LogP contribution in [-0.4, -0.2) is 46.3 Å². The molecular formula is C13H18N2O5. The molecular weight excluding hydrogens is 264 g/mol. The van der Waals surface area contributed by atoms with Gasteiger partial charge in [-0.1, -0.05) is 12.8 Å². The maximum Gasteiger partial charge on any atom is 0.325 e. The van der Waals surface area contributed by atoms with Gasteiger partial charge in [-0.2, -0.15) is 0 Å². The van der Waals surface area contributed by atoms with Crippen LogP contribution in [0.3, 0.4) is 0 Å². The first-order chi connectivity index (χ1) is 9.41. The standard InChI is InChI=1S/C13H18N2O5/c1-7(13(19)20)14-10(16)6-15-11(17)8-4-2-3-5-9(8)12(15)18/h7-9H,2-6H2,1H3,(H,14,16)(H,19,20)/t7-,8?,9?/m1/s1. The van der Waals surface area contributed by atoms with E-state index in [0.29, 0.717) is 12.8 Å². The molecule has 20 heavy (non-hydrogen) atoms. The van der Waals surface area contributed by atoms with Crippen LogP contribution in [-0.2, 0) is 19.2 Å². The summed E-state index contributed by atoms with van der Waals surface area (Å²) >= 11 is 0. The summed E-state index contributed by atoms with van der Waals surface area (Å²) in [4.78, 5) is 47.5. The molecule has 0 radical (unpaired) electrons. The van der Waals surface area contributed by atoms with Gasteiger partial charge in [-0.05, 0) is 19.8 Å². The summed E-state index contributed by atoms with van der Waals surface area (Å²) in [5.74, 6) is -2.95. The molecule has 0 aromatic heterocycles. The van der Waals surface area contributed by atoms with Crippen molar-refractivity contribution >= 4 is 23.7 Å². The van der Waals surface area contributed by atoms with E-state index in [0.717, 1.165) is 17.7 Å². The summed E-state index contributed by atoms with van der Waals surface area (Å²) in [6.07, 6.45) is 3.24. The Morgan fingerprint density at radius 1 is 1.25 bits per heavy atom. The summed E-state index contributed by atoms with van der Waals surface area (Å²) in [6.45, 7) is 0.940. The number of nitrogens with zero attached hydrogens (tertiary/aromatic N) is 1. The Labute approximate surface area is 116 Å². The van der Waals surface area contributed by atoms with E-state index in [1.807, 2.05) is 0 Å². The minimum atomic E-state index is -1.16. The van der Waals surface area contributed by atoms with Crippen molar-refractivity contribution in [2.45, 2.75) is 38.6 Å². The van der Waals surface area contributed by atoms with E-state index in [1.54, 1.807) is 0 Å². The number of hydrogen-bond acceptors (Lipinski definition) is 4. The van der Waals surface area contributed by atoms with Gasteiger partial charge in [-0.25, -0.2) is 0 Å². The number of hydrogen-bond donors (Lipinski definition) is 2. The van der Waals surface area contributed by atoms with Gasteiger partial charge in [-0.15, -0.1) is 0 Å². The molecule has 3 amide bonds. The number of likely N-dealkylation sites (tertiary alicyclic amines) is 1. The van der Waals surface area contributed by atoms with Crippen LogP contribution < -0.4 is 5.32 Å². The van der Waals surface area contributed by atoms with Crippen LogP contribution in [0.4, 0.5) is 0 Å². The first-order valence-electron chi connectivity index (χ1n) is 6.79. The zero-order chi connectivity index (χ0) is 14.9. The van der Waals surface area contributed by atoms with Crippen molar-refractivity contribution < 1.29 is 24.3 Å². The zero-order valence-corrected chi connectivity index (χ0v) is 11.3. The lowest BCUT2D eigenvalue weighted by Crippen LogP contribution is -2.46. The van der Waals surface area contributed by atoms with Gasteiger partial charge in [0.15, 0.2) is 0 Å². The highest BCUT2D eigenvalue weighted by Gasteiger charge is 2.48. The van der Waals surface area contributed by atoms with E-state index < -0.39 is 17.9 Å². The molecule has 1 saturated carbocycles. The zero-order valence-electron chi connectivity index (χ0n) is 11.3. The minimum absolute atomic E-state index is 0.291. The molecule has 0 aromatic rings. The maximum atomic E-state index is 12.1. The molecule has 0 aromatic carbocycles. The van der Waals surface area contributed by atoms with Crippen molar-refractivity contribution in [1.29, 1.82) is 0 Å². The minimum Gasteiger partial charge on any atom is -0.480 e. The highest BCUT2D eigenvalue weighted by molar-refractivity contribution is 6.07. The summed E-state index contributed by atoms with van der Waals surface area (Å²) in [5, 5.41) is 10.9. The van der Waals surface area contributed by atoms with Crippen molar-refractivity contribution in [2.75, 3.05) is 6.54 Å². The van der Waals surface area contributed by atoms with E-state index in [2.05, 4.69) is 5.32 Å². The van der Waals surface area contributed by atoms with Gasteiger partial charge in [0.2, 0.25) is 17.7 Å². The van der Waals surface area contributed by atoms with Crippen LogP contribution in [0, 0.1) is 11.8 Å². The van der Waals surface area contributed by atoms with Crippen molar-refractivity contribution in [1.82, 2.24) is 10.2 Å². The monoisotopic (exact) mass is 282 g/mol. The topological polar surface area (TPSA) is 104 Å². The molecule has 7 heteroatoms. The van der Waals surface area contributed by atoms with Crippen LogP contribution in [0.1, 0.15) is 32.6 Å². The molecule has 2 N–H and O–H groups in total. The van der Waals surface area contributed by atoms with E-state index >= 15 is 0 Å². The summed E-state index contributed by atoms with van der Waals surface area (Å²) < 4.78 is 0. The second-order valence-electron chi connectivity index (χ2n) is 5.39. The lowest BCUT2D eigenvalue weighted by atomic mass is 9.81. The number of amides is 3. The number of carboxylic acid groups (broad SMARTS) is 1. The predicted molar refractivity (Wildman–Crippen MR) is 67.4 cm³/mol. The van der Waals surface area contributed by atoms with Crippen molar-refractivity contribution in [3.63, 3.8) is 0 Å². The molecule has 1 aliphatic heterocycles. The lowest BCUT2D eigenvalue weighted by Gasteiger charge is -2.19. The number of rotatable bonds is 4. The Balaban J connectivity index is 1.99. The Kier molecular flexibility index (Phi) is 4.06. The fourth-order valence-electron chi connectivity index (χ4n) is 2.88. The van der Waals surface area contributed by atoms with E-state index in [9.17, 15) is 19.2 Å². The SMILES string of the molecule is C[C@@H](NC(=O)CN1C(=O)C2CCCCC2C1=O)C(=O)O. The molecule has 0 spiro atoms. The largest absolute Gasteiger partial charge is 0.480 e. The molecule has 2 aliphatic rings. The van der Waals surface area contributed by atoms with Gasteiger partial charge in [0.1, 0.15) is 12.6 Å². The molecule has 0 bridgehead atoms. The van der Waals surface area contributed by atoms with Crippen LogP contribution in [0.25, 0.3) is 0 Å². The number of fused-ring (bicyclic) bond motifs is 1. The summed E-state index contributed by atoms with van der Waals surface area (Å²) in [5.41, 5.74) is 0. The normalized spacial score (nSPS) is 27.1. The first-order valence-corrected chi connectivity index (χ1v) is 6.79. The van der Waals surface area contributed by atoms with Gasteiger partial charge in [0.25, 0.3) is 0 Å². The third-order valence-electron chi connectivity index (χ3n) is 3.98. The maximum absolute atomic E-state index is 12.1. The fourth-order valence-corrected chi connectivity index (χ4v) is 2.88. The smallest absolute Gasteiger partial charge is 0.325 e. The Hall–Kier alpha value is -1.92. The van der Waals surface area contributed by atoms with E-state index in [-0.39, 0.29) is 30.2 Å². The highest BCUT2D eigenvalue weighted by Crippen LogP contribution is 2.37. The fraction of sp³-hybridized carbons (Fsp3) is 0.692. The molecule has 1 aliphatic carbocycles. The van der Waals surface area contributed by atoms with Gasteiger partial charge >= 0.3 is 5.97 Å². The third-order valence-corrected chi connectivity index (χ3v) is 3.98. The molecule has 110 valence electrons. The van der Waals surface area contributed by atoms with E-state index in [1.165, 1.54) is 6.92 Å². The van der Waals surface area contributed by atoms with Gasteiger partial charge in [0, 0.05) is 0 Å².